The van der Waals surface area contributed by atoms with Crippen LogP contribution in [0.5, 0.6) is 0 Å². The molecule has 2 fully saturated rings. The minimum Gasteiger partial charge on any atom is -0.391 e. The van der Waals surface area contributed by atoms with E-state index in [2.05, 4.69) is 15.6 Å². The molecule has 1 saturated heterocycles. The lowest BCUT2D eigenvalue weighted by Gasteiger charge is -2.34. The normalized spacial score (nSPS) is 21.6. The van der Waals surface area contributed by atoms with E-state index in [-0.39, 0.29) is 36.6 Å². The van der Waals surface area contributed by atoms with Gasteiger partial charge in [-0.15, -0.1) is 5.10 Å². The highest BCUT2D eigenvalue weighted by Gasteiger charge is 2.45. The van der Waals surface area contributed by atoms with Gasteiger partial charge in [-0.3, -0.25) is 9.59 Å². The molecule has 3 aromatic rings. The van der Waals surface area contributed by atoms with Crippen LogP contribution in [-0.4, -0.2) is 66.1 Å². The zero-order valence-corrected chi connectivity index (χ0v) is 22.7. The molecule has 0 spiro atoms. The minimum atomic E-state index is -0.791. The van der Waals surface area contributed by atoms with E-state index in [0.717, 1.165) is 35.0 Å². The number of nitrogens with one attached hydrogen (secondary N) is 1. The van der Waals surface area contributed by atoms with Gasteiger partial charge in [-0.1, -0.05) is 26.0 Å². The Labute approximate surface area is 222 Å². The molecular formula is C28H37FN6O3. The summed E-state index contributed by atoms with van der Waals surface area (Å²) in [5.74, 6) is -0.454. The summed E-state index contributed by atoms with van der Waals surface area (Å²) in [6.45, 7) is 7.87. The molecule has 1 aliphatic carbocycles. The maximum absolute atomic E-state index is 13.9. The summed E-state index contributed by atoms with van der Waals surface area (Å²) in [5, 5.41) is 22.9. The third-order valence-corrected chi connectivity index (χ3v) is 7.66. The molecule has 38 heavy (non-hydrogen) atoms. The second kappa shape index (κ2) is 9.80. The van der Waals surface area contributed by atoms with Crippen molar-refractivity contribution in [2.45, 2.75) is 83.5 Å². The van der Waals surface area contributed by atoms with Crippen LogP contribution in [0.4, 0.5) is 4.39 Å². The van der Waals surface area contributed by atoms with Crippen LogP contribution in [0, 0.1) is 11.2 Å². The fourth-order valence-electron chi connectivity index (χ4n) is 5.65. The summed E-state index contributed by atoms with van der Waals surface area (Å²) in [4.78, 5) is 28.8. The molecule has 9 nitrogen and oxygen atoms in total. The van der Waals surface area contributed by atoms with Gasteiger partial charge in [-0.2, -0.15) is 0 Å². The van der Waals surface area contributed by atoms with Gasteiger partial charge in [-0.05, 0) is 55.4 Å². The summed E-state index contributed by atoms with van der Waals surface area (Å²) in [6.07, 6.45) is 5.85. The Hall–Kier alpha value is -3.27. The van der Waals surface area contributed by atoms with Crippen LogP contribution in [-0.2, 0) is 23.1 Å². The van der Waals surface area contributed by atoms with E-state index in [1.807, 2.05) is 51.7 Å². The van der Waals surface area contributed by atoms with Gasteiger partial charge in [0.15, 0.2) is 0 Å². The van der Waals surface area contributed by atoms with Gasteiger partial charge in [0.2, 0.25) is 11.8 Å². The van der Waals surface area contributed by atoms with Gasteiger partial charge in [-0.25, -0.2) is 9.07 Å². The number of amides is 2. The predicted octanol–water partition coefficient (Wildman–Crippen LogP) is 3.08. The maximum Gasteiger partial charge on any atom is 0.248 e. The van der Waals surface area contributed by atoms with Gasteiger partial charge in [0.1, 0.15) is 17.9 Å². The highest BCUT2D eigenvalue weighted by Crippen LogP contribution is 2.40. The number of hydrogen-bond donors (Lipinski definition) is 2. The lowest BCUT2D eigenvalue weighted by atomic mass is 9.85. The van der Waals surface area contributed by atoms with E-state index in [1.54, 1.807) is 10.7 Å². The number of fused-ring (bicyclic) bond motifs is 1. The van der Waals surface area contributed by atoms with Crippen molar-refractivity contribution in [2.75, 3.05) is 6.54 Å². The van der Waals surface area contributed by atoms with Crippen molar-refractivity contribution >= 4 is 22.7 Å². The standard InChI is InChI=1S/C28H37FN6O3/c1-16(10-18-13-33(5)23-9-8-19(29)11-21(18)23)30-26(37)24-12-20(36)14-34(24)27(38)25(28(2,3)4)35-15-22(31-32-35)17-6-7-17/h8-9,11,13,15-17,20,24-25,36H,6-7,10,12,14H2,1-5H3,(H,30,37)/t16?,20-,24+,25-/m1/s1. The molecule has 2 aliphatic rings. The Bertz CT molecular complexity index is 1350. The molecule has 0 radical (unpaired) electrons. The van der Waals surface area contributed by atoms with Crippen LogP contribution in [0.25, 0.3) is 10.9 Å². The first-order valence-corrected chi connectivity index (χ1v) is 13.4. The molecule has 2 N–H and O–H groups in total. The lowest BCUT2D eigenvalue weighted by Crippen LogP contribution is -2.51. The number of rotatable bonds is 7. The van der Waals surface area contributed by atoms with Crippen molar-refractivity contribution in [1.29, 1.82) is 0 Å². The number of hydrogen-bond acceptors (Lipinski definition) is 5. The number of carbonyl (C=O) groups is 2. The Balaban J connectivity index is 1.32. The van der Waals surface area contributed by atoms with Crippen molar-refractivity contribution in [1.82, 2.24) is 29.8 Å². The summed E-state index contributed by atoms with van der Waals surface area (Å²) in [6, 6.07) is 2.98. The summed E-state index contributed by atoms with van der Waals surface area (Å²) in [5.41, 5.74) is 2.25. The van der Waals surface area contributed by atoms with E-state index in [1.165, 1.54) is 17.0 Å². The number of aromatic nitrogens is 4. The number of benzene rings is 1. The van der Waals surface area contributed by atoms with Gasteiger partial charge in [0, 0.05) is 55.3 Å². The van der Waals surface area contributed by atoms with E-state index < -0.39 is 23.6 Å². The number of β-amino-alcohol motifs (C(OH)–C–C–N with tert-alkyl or cyclic N) is 1. The predicted molar refractivity (Wildman–Crippen MR) is 141 cm³/mol. The number of aliphatic hydroxyl groups is 1. The van der Waals surface area contributed by atoms with E-state index in [4.69, 9.17) is 0 Å². The van der Waals surface area contributed by atoms with Crippen molar-refractivity contribution < 1.29 is 19.1 Å². The number of halogens is 1. The van der Waals surface area contributed by atoms with Gasteiger partial charge in [0.25, 0.3) is 0 Å². The average molecular weight is 525 g/mol. The summed E-state index contributed by atoms with van der Waals surface area (Å²) >= 11 is 0. The molecule has 1 aromatic carbocycles. The highest BCUT2D eigenvalue weighted by atomic mass is 19.1. The Morgan fingerprint density at radius 2 is 1.97 bits per heavy atom. The summed E-state index contributed by atoms with van der Waals surface area (Å²) in [7, 11) is 1.91. The molecule has 3 heterocycles. The first-order valence-electron chi connectivity index (χ1n) is 13.4. The molecule has 1 unspecified atom stereocenters. The number of carbonyl (C=O) groups excluding carboxylic acids is 2. The lowest BCUT2D eigenvalue weighted by molar-refractivity contribution is -0.144. The molecule has 5 rings (SSSR count). The second-order valence-corrected chi connectivity index (χ2v) is 12.1. The molecule has 2 aromatic heterocycles. The van der Waals surface area contributed by atoms with E-state index in [9.17, 15) is 19.1 Å². The quantitative estimate of drug-likeness (QED) is 0.494. The molecule has 10 heteroatoms. The maximum atomic E-state index is 13.9. The average Bonchev–Trinajstić information content (AvgIpc) is 3.31. The minimum absolute atomic E-state index is 0.0880. The van der Waals surface area contributed by atoms with Crippen LogP contribution in [0.2, 0.25) is 0 Å². The van der Waals surface area contributed by atoms with Crippen LogP contribution >= 0.6 is 0 Å². The fourth-order valence-corrected chi connectivity index (χ4v) is 5.65. The van der Waals surface area contributed by atoms with Crippen LogP contribution < -0.4 is 5.32 Å². The second-order valence-electron chi connectivity index (χ2n) is 12.1. The third kappa shape index (κ3) is 5.18. The van der Waals surface area contributed by atoms with E-state index in [0.29, 0.717) is 12.3 Å². The fraction of sp³-hybridized carbons (Fsp3) is 0.571. The molecule has 1 saturated carbocycles. The van der Waals surface area contributed by atoms with Crippen LogP contribution in [0.1, 0.15) is 70.2 Å². The van der Waals surface area contributed by atoms with Crippen molar-refractivity contribution in [3.05, 3.63) is 47.7 Å². The number of aliphatic hydroxyl groups excluding tert-OH is 1. The molecule has 2 amide bonds. The van der Waals surface area contributed by atoms with Crippen molar-refractivity contribution in [2.24, 2.45) is 12.5 Å². The highest BCUT2D eigenvalue weighted by molar-refractivity contribution is 5.90. The van der Waals surface area contributed by atoms with Crippen molar-refractivity contribution in [3.63, 3.8) is 0 Å². The smallest absolute Gasteiger partial charge is 0.248 e. The molecule has 4 atom stereocenters. The molecule has 1 aliphatic heterocycles. The number of aryl methyl sites for hydroxylation is 1. The largest absolute Gasteiger partial charge is 0.391 e. The SMILES string of the molecule is CC(Cc1cn(C)c2ccc(F)cc12)NC(=O)[C@@H]1C[C@@H](O)CN1C(=O)[C@@H](n1cc(C2CC2)nn1)C(C)(C)C. The van der Waals surface area contributed by atoms with Crippen molar-refractivity contribution in [3.8, 4) is 0 Å². The van der Waals surface area contributed by atoms with Gasteiger partial charge in [0.05, 0.1) is 11.8 Å². The monoisotopic (exact) mass is 524 g/mol. The summed E-state index contributed by atoms with van der Waals surface area (Å²) < 4.78 is 17.5. The molecular weight excluding hydrogens is 487 g/mol. The Morgan fingerprint density at radius 3 is 2.66 bits per heavy atom. The third-order valence-electron chi connectivity index (χ3n) is 7.66. The zero-order chi connectivity index (χ0) is 27.4. The number of nitrogens with zero attached hydrogens (tertiary/aromatic N) is 5. The van der Waals surface area contributed by atoms with Gasteiger partial charge >= 0.3 is 0 Å². The zero-order valence-electron chi connectivity index (χ0n) is 22.7. The Morgan fingerprint density at radius 1 is 1.24 bits per heavy atom. The topological polar surface area (TPSA) is 105 Å². The van der Waals surface area contributed by atoms with E-state index >= 15 is 0 Å². The number of likely N-dealkylation sites (tertiary alicyclic amines) is 1. The van der Waals surface area contributed by atoms with Crippen LogP contribution in [0.3, 0.4) is 0 Å². The first-order chi connectivity index (χ1) is 17.9. The first kappa shape index (κ1) is 26.3. The molecule has 0 bridgehead atoms. The van der Waals surface area contributed by atoms with Gasteiger partial charge < -0.3 is 19.9 Å². The van der Waals surface area contributed by atoms with Crippen LogP contribution in [0.15, 0.2) is 30.6 Å². The molecule has 204 valence electrons. The Kier molecular flexibility index (Phi) is 6.79.